The fourth-order valence-corrected chi connectivity index (χ4v) is 3.04. The van der Waals surface area contributed by atoms with Crippen molar-refractivity contribution in [1.82, 2.24) is 15.4 Å². The largest absolute Gasteiger partial charge is 0.480 e. The maximum absolute atomic E-state index is 5.72. The maximum atomic E-state index is 5.72. The van der Waals surface area contributed by atoms with E-state index < -0.39 is 0 Å². The zero-order chi connectivity index (χ0) is 14.5. The van der Waals surface area contributed by atoms with E-state index in [2.05, 4.69) is 28.4 Å². The van der Waals surface area contributed by atoms with E-state index in [1.165, 1.54) is 12.7 Å². The average Bonchev–Trinajstić information content (AvgIpc) is 2.96. The number of aryl methyl sites for hydroxylation is 1. The van der Waals surface area contributed by atoms with Gasteiger partial charge in [-0.05, 0) is 23.4 Å². The van der Waals surface area contributed by atoms with E-state index >= 15 is 0 Å². The minimum Gasteiger partial charge on any atom is -0.480 e. The Balaban J connectivity index is 2.46. The number of hydrogen-bond donors (Lipinski definition) is 2. The molecule has 0 saturated carbocycles. The van der Waals surface area contributed by atoms with Gasteiger partial charge in [0.15, 0.2) is 0 Å². The van der Waals surface area contributed by atoms with Crippen LogP contribution in [-0.2, 0) is 6.42 Å². The molecular weight excluding hydrogens is 276 g/mol. The smallest absolute Gasteiger partial charge is 0.240 e. The van der Waals surface area contributed by atoms with Crippen LogP contribution >= 0.6 is 11.3 Å². The summed E-state index contributed by atoms with van der Waals surface area (Å²) in [6.45, 7) is 2.11. The van der Waals surface area contributed by atoms with E-state index in [4.69, 9.17) is 15.3 Å². The summed E-state index contributed by atoms with van der Waals surface area (Å²) >= 11 is 1.63. The van der Waals surface area contributed by atoms with Crippen LogP contribution in [0.15, 0.2) is 17.6 Å². The number of thiophene rings is 1. The third-order valence-corrected chi connectivity index (χ3v) is 4.04. The number of hydrogen-bond acceptors (Lipinski definition) is 7. The number of nitrogens with two attached hydrogens (primary N) is 1. The van der Waals surface area contributed by atoms with Crippen LogP contribution in [0.1, 0.15) is 29.1 Å². The molecule has 7 heteroatoms. The van der Waals surface area contributed by atoms with E-state index in [9.17, 15) is 0 Å². The molecule has 2 aromatic rings. The van der Waals surface area contributed by atoms with Crippen LogP contribution in [0.4, 0.5) is 0 Å². The molecule has 108 valence electrons. The van der Waals surface area contributed by atoms with Gasteiger partial charge in [-0.3, -0.25) is 5.84 Å². The molecule has 0 amide bonds. The van der Waals surface area contributed by atoms with Crippen LogP contribution in [0.2, 0.25) is 0 Å². The molecule has 1 atom stereocenters. The summed E-state index contributed by atoms with van der Waals surface area (Å²) in [7, 11) is 3.09. The first kappa shape index (κ1) is 14.7. The van der Waals surface area contributed by atoms with Gasteiger partial charge in [-0.1, -0.05) is 6.92 Å². The SMILES string of the molecule is CCc1ccsc1C(NN)c1ncc(OC)nc1OC. The number of nitrogens with one attached hydrogen (secondary N) is 1. The molecule has 0 saturated heterocycles. The van der Waals surface area contributed by atoms with E-state index in [0.717, 1.165) is 11.3 Å². The Labute approximate surface area is 121 Å². The van der Waals surface area contributed by atoms with Gasteiger partial charge < -0.3 is 9.47 Å². The van der Waals surface area contributed by atoms with Crippen molar-refractivity contribution in [1.29, 1.82) is 0 Å². The van der Waals surface area contributed by atoms with Crippen molar-refractivity contribution in [3.05, 3.63) is 33.8 Å². The lowest BCUT2D eigenvalue weighted by molar-refractivity contribution is 0.353. The Bertz CT molecular complexity index is 573. The van der Waals surface area contributed by atoms with Crippen LogP contribution < -0.4 is 20.7 Å². The Kier molecular flexibility index (Phi) is 4.89. The van der Waals surface area contributed by atoms with Crippen molar-refractivity contribution >= 4 is 11.3 Å². The molecule has 0 aliphatic rings. The average molecular weight is 294 g/mol. The molecule has 0 spiro atoms. The Morgan fingerprint density at radius 2 is 2.20 bits per heavy atom. The number of ether oxygens (including phenoxy) is 2. The summed E-state index contributed by atoms with van der Waals surface area (Å²) < 4.78 is 10.4. The molecule has 0 aliphatic heterocycles. The second-order valence-electron chi connectivity index (χ2n) is 4.07. The van der Waals surface area contributed by atoms with Gasteiger partial charge in [0.05, 0.1) is 20.4 Å². The van der Waals surface area contributed by atoms with Crippen molar-refractivity contribution in [2.45, 2.75) is 19.4 Å². The third-order valence-electron chi connectivity index (χ3n) is 3.01. The Morgan fingerprint density at radius 1 is 1.40 bits per heavy atom. The number of rotatable bonds is 6. The fourth-order valence-electron chi connectivity index (χ4n) is 1.98. The summed E-state index contributed by atoms with van der Waals surface area (Å²) in [5.74, 6) is 6.53. The van der Waals surface area contributed by atoms with Gasteiger partial charge in [-0.15, -0.1) is 11.3 Å². The topological polar surface area (TPSA) is 82.3 Å². The second-order valence-corrected chi connectivity index (χ2v) is 5.02. The van der Waals surface area contributed by atoms with Crippen molar-refractivity contribution in [2.24, 2.45) is 5.84 Å². The highest BCUT2D eigenvalue weighted by atomic mass is 32.1. The lowest BCUT2D eigenvalue weighted by Gasteiger charge is -2.18. The summed E-state index contributed by atoms with van der Waals surface area (Å²) in [6.07, 6.45) is 2.49. The zero-order valence-electron chi connectivity index (χ0n) is 11.7. The molecule has 20 heavy (non-hydrogen) atoms. The molecule has 0 radical (unpaired) electrons. The van der Waals surface area contributed by atoms with Crippen LogP contribution in [-0.4, -0.2) is 24.2 Å². The van der Waals surface area contributed by atoms with E-state index in [1.54, 1.807) is 24.6 Å². The number of aromatic nitrogens is 2. The minimum atomic E-state index is -0.252. The standard InChI is InChI=1S/C13H18N4O2S/c1-4-8-5-6-20-12(8)10(17-14)11-13(19-3)16-9(18-2)7-15-11/h5-7,10,17H,4,14H2,1-3H3. The summed E-state index contributed by atoms with van der Waals surface area (Å²) in [4.78, 5) is 9.74. The van der Waals surface area contributed by atoms with Gasteiger partial charge in [-0.2, -0.15) is 4.98 Å². The number of nitrogens with zero attached hydrogens (tertiary/aromatic N) is 2. The summed E-state index contributed by atoms with van der Waals surface area (Å²) in [5, 5.41) is 2.04. The zero-order valence-corrected chi connectivity index (χ0v) is 12.5. The predicted octanol–water partition coefficient (Wildman–Crippen LogP) is 1.67. The highest BCUT2D eigenvalue weighted by Crippen LogP contribution is 2.33. The van der Waals surface area contributed by atoms with Crippen molar-refractivity contribution in [2.75, 3.05) is 14.2 Å². The van der Waals surface area contributed by atoms with Gasteiger partial charge in [0.1, 0.15) is 11.7 Å². The summed E-state index contributed by atoms with van der Waals surface area (Å²) in [5.41, 5.74) is 4.67. The molecule has 3 N–H and O–H groups in total. The monoisotopic (exact) mass is 294 g/mol. The fraction of sp³-hybridized carbons (Fsp3) is 0.385. The number of hydrazine groups is 1. The lowest BCUT2D eigenvalue weighted by atomic mass is 10.1. The van der Waals surface area contributed by atoms with Gasteiger partial charge in [0.25, 0.3) is 0 Å². The van der Waals surface area contributed by atoms with Gasteiger partial charge in [-0.25, -0.2) is 10.4 Å². The van der Waals surface area contributed by atoms with Gasteiger partial charge >= 0.3 is 0 Å². The van der Waals surface area contributed by atoms with Gasteiger partial charge in [0.2, 0.25) is 11.8 Å². The van der Waals surface area contributed by atoms with Crippen molar-refractivity contribution in [3.63, 3.8) is 0 Å². The third kappa shape index (κ3) is 2.74. The maximum Gasteiger partial charge on any atom is 0.240 e. The predicted molar refractivity (Wildman–Crippen MR) is 78.0 cm³/mol. The highest BCUT2D eigenvalue weighted by molar-refractivity contribution is 7.10. The Morgan fingerprint density at radius 3 is 2.80 bits per heavy atom. The molecule has 2 heterocycles. The first-order valence-electron chi connectivity index (χ1n) is 6.22. The molecule has 0 aromatic carbocycles. The van der Waals surface area contributed by atoms with Crippen molar-refractivity contribution < 1.29 is 9.47 Å². The normalized spacial score (nSPS) is 12.2. The molecule has 0 bridgehead atoms. The van der Waals surface area contributed by atoms with Crippen LogP contribution in [0.5, 0.6) is 11.8 Å². The van der Waals surface area contributed by atoms with E-state index in [-0.39, 0.29) is 6.04 Å². The summed E-state index contributed by atoms with van der Waals surface area (Å²) in [6, 6.07) is 1.84. The van der Waals surface area contributed by atoms with E-state index in [0.29, 0.717) is 17.5 Å². The second kappa shape index (κ2) is 6.65. The molecule has 0 fully saturated rings. The minimum absolute atomic E-state index is 0.252. The highest BCUT2D eigenvalue weighted by Gasteiger charge is 2.23. The molecule has 6 nitrogen and oxygen atoms in total. The van der Waals surface area contributed by atoms with Crippen LogP contribution in [0.25, 0.3) is 0 Å². The Hall–Kier alpha value is -1.70. The molecule has 2 aromatic heterocycles. The molecule has 2 rings (SSSR count). The number of methoxy groups -OCH3 is 2. The molecule has 1 unspecified atom stereocenters. The van der Waals surface area contributed by atoms with Crippen LogP contribution in [0, 0.1) is 0 Å². The lowest BCUT2D eigenvalue weighted by Crippen LogP contribution is -2.30. The first-order chi connectivity index (χ1) is 9.74. The van der Waals surface area contributed by atoms with E-state index in [1.807, 2.05) is 5.38 Å². The van der Waals surface area contributed by atoms with Gasteiger partial charge in [0, 0.05) is 4.88 Å². The first-order valence-corrected chi connectivity index (χ1v) is 7.10. The van der Waals surface area contributed by atoms with Crippen LogP contribution in [0.3, 0.4) is 0 Å². The molecule has 0 aliphatic carbocycles. The quantitative estimate of drug-likeness (QED) is 0.623. The van der Waals surface area contributed by atoms with Crippen molar-refractivity contribution in [3.8, 4) is 11.8 Å². The molecular formula is C13H18N4O2S.